The molecule has 0 bridgehead atoms. The number of hydrogen-bond acceptors (Lipinski definition) is 6. The molecule has 1 aromatic carbocycles. The molecular formula is C15H23NO5. The van der Waals surface area contributed by atoms with Gasteiger partial charge in [0.05, 0.1) is 27.4 Å². The van der Waals surface area contributed by atoms with Gasteiger partial charge in [0.1, 0.15) is 12.7 Å². The van der Waals surface area contributed by atoms with Crippen LogP contribution in [0.3, 0.4) is 0 Å². The number of benzene rings is 1. The smallest absolute Gasteiger partial charge is 0.203 e. The summed E-state index contributed by atoms with van der Waals surface area (Å²) < 4.78 is 21.5. The Kier molecular flexibility index (Phi) is 6.10. The maximum atomic E-state index is 10.1. The van der Waals surface area contributed by atoms with Gasteiger partial charge in [0.25, 0.3) is 0 Å². The lowest BCUT2D eigenvalue weighted by Gasteiger charge is -2.28. The van der Waals surface area contributed by atoms with Gasteiger partial charge < -0.3 is 24.1 Å². The summed E-state index contributed by atoms with van der Waals surface area (Å²) in [4.78, 5) is 2.16. The molecule has 1 aliphatic rings. The Balaban J connectivity index is 1.89. The monoisotopic (exact) mass is 297 g/mol. The first-order chi connectivity index (χ1) is 10.2. The lowest BCUT2D eigenvalue weighted by molar-refractivity contribution is 0.00424. The summed E-state index contributed by atoms with van der Waals surface area (Å²) in [5.41, 5.74) is 0. The first kappa shape index (κ1) is 15.9. The molecule has 1 aliphatic heterocycles. The summed E-state index contributed by atoms with van der Waals surface area (Å²) in [6, 6.07) is 5.42. The number of nitrogens with zero attached hydrogens (tertiary/aromatic N) is 1. The van der Waals surface area contributed by atoms with Crippen LogP contribution in [0.15, 0.2) is 18.2 Å². The highest BCUT2D eigenvalue weighted by molar-refractivity contribution is 5.51. The van der Waals surface area contributed by atoms with Crippen molar-refractivity contribution in [1.29, 1.82) is 0 Å². The zero-order valence-electron chi connectivity index (χ0n) is 12.6. The fourth-order valence-corrected chi connectivity index (χ4v) is 2.27. The molecule has 0 amide bonds. The van der Waals surface area contributed by atoms with Gasteiger partial charge in [-0.1, -0.05) is 6.07 Å². The minimum absolute atomic E-state index is 0.189. The predicted octanol–water partition coefficient (Wildman–Crippen LogP) is 0.776. The quantitative estimate of drug-likeness (QED) is 0.802. The molecule has 0 spiro atoms. The summed E-state index contributed by atoms with van der Waals surface area (Å²) in [5, 5.41) is 10.1. The van der Waals surface area contributed by atoms with Crippen LogP contribution >= 0.6 is 0 Å². The molecule has 1 heterocycles. The standard InChI is InChI=1S/C15H23NO5/c1-18-13-4-3-5-14(19-2)15(13)21-11-12(17)10-16-6-8-20-9-7-16/h3-5,12,17H,6-11H2,1-2H3. The molecule has 118 valence electrons. The number of β-amino-alcohol motifs (C(OH)–C–C–N with tert-alkyl or cyclic N) is 1. The first-order valence-electron chi connectivity index (χ1n) is 7.06. The van der Waals surface area contributed by atoms with Crippen LogP contribution in [0.5, 0.6) is 17.2 Å². The van der Waals surface area contributed by atoms with Crippen LogP contribution in [-0.4, -0.2) is 69.8 Å². The molecule has 1 N–H and O–H groups in total. The fraction of sp³-hybridized carbons (Fsp3) is 0.600. The van der Waals surface area contributed by atoms with Gasteiger partial charge in [-0.2, -0.15) is 0 Å². The van der Waals surface area contributed by atoms with E-state index in [0.717, 1.165) is 13.1 Å². The van der Waals surface area contributed by atoms with Gasteiger partial charge in [0.15, 0.2) is 11.5 Å². The Morgan fingerprint density at radius 2 is 1.81 bits per heavy atom. The molecule has 6 heteroatoms. The maximum Gasteiger partial charge on any atom is 0.203 e. The zero-order valence-corrected chi connectivity index (χ0v) is 12.6. The predicted molar refractivity (Wildman–Crippen MR) is 78.3 cm³/mol. The highest BCUT2D eigenvalue weighted by Crippen LogP contribution is 2.36. The molecule has 0 radical (unpaired) electrons. The molecule has 1 fully saturated rings. The maximum absolute atomic E-state index is 10.1. The number of aliphatic hydroxyl groups excluding tert-OH is 1. The number of methoxy groups -OCH3 is 2. The normalized spacial score (nSPS) is 17.3. The zero-order chi connectivity index (χ0) is 15.1. The van der Waals surface area contributed by atoms with Crippen molar-refractivity contribution in [2.45, 2.75) is 6.10 Å². The molecular weight excluding hydrogens is 274 g/mol. The Labute approximate surface area is 125 Å². The highest BCUT2D eigenvalue weighted by atomic mass is 16.5. The van der Waals surface area contributed by atoms with Crippen LogP contribution < -0.4 is 14.2 Å². The summed E-state index contributed by atoms with van der Waals surface area (Å²) in [6.07, 6.45) is -0.572. The van der Waals surface area contributed by atoms with Crippen LogP contribution in [-0.2, 0) is 4.74 Å². The van der Waals surface area contributed by atoms with Crippen molar-refractivity contribution in [2.24, 2.45) is 0 Å². The van der Waals surface area contributed by atoms with Crippen LogP contribution in [0.2, 0.25) is 0 Å². The Hall–Kier alpha value is -1.50. The Morgan fingerprint density at radius 3 is 2.38 bits per heavy atom. The van der Waals surface area contributed by atoms with E-state index in [-0.39, 0.29) is 6.61 Å². The van der Waals surface area contributed by atoms with E-state index in [1.54, 1.807) is 26.4 Å². The number of para-hydroxylation sites is 1. The molecule has 0 aliphatic carbocycles. The third-order valence-electron chi connectivity index (χ3n) is 3.38. The van der Waals surface area contributed by atoms with Crippen molar-refractivity contribution in [1.82, 2.24) is 4.90 Å². The second-order valence-electron chi connectivity index (χ2n) is 4.87. The molecule has 1 aromatic rings. The topological polar surface area (TPSA) is 60.4 Å². The van der Waals surface area contributed by atoms with E-state index in [4.69, 9.17) is 18.9 Å². The SMILES string of the molecule is COc1cccc(OC)c1OCC(O)CN1CCOCC1. The summed E-state index contributed by atoms with van der Waals surface area (Å²) in [6.45, 7) is 3.88. The van der Waals surface area contributed by atoms with Crippen LogP contribution in [0.1, 0.15) is 0 Å². The van der Waals surface area contributed by atoms with Gasteiger partial charge in [-0.05, 0) is 12.1 Å². The lowest BCUT2D eigenvalue weighted by Crippen LogP contribution is -2.42. The van der Waals surface area contributed by atoms with Gasteiger partial charge in [0.2, 0.25) is 5.75 Å². The van der Waals surface area contributed by atoms with Gasteiger partial charge >= 0.3 is 0 Å². The molecule has 0 aromatic heterocycles. The van der Waals surface area contributed by atoms with E-state index in [9.17, 15) is 5.11 Å². The van der Waals surface area contributed by atoms with E-state index in [0.29, 0.717) is 37.0 Å². The van der Waals surface area contributed by atoms with Crippen LogP contribution in [0, 0.1) is 0 Å². The van der Waals surface area contributed by atoms with E-state index < -0.39 is 6.10 Å². The molecule has 1 atom stereocenters. The van der Waals surface area contributed by atoms with Crippen molar-refractivity contribution in [2.75, 3.05) is 53.7 Å². The van der Waals surface area contributed by atoms with Crippen molar-refractivity contribution in [3.63, 3.8) is 0 Å². The van der Waals surface area contributed by atoms with Crippen molar-refractivity contribution >= 4 is 0 Å². The minimum Gasteiger partial charge on any atom is -0.493 e. The molecule has 1 saturated heterocycles. The van der Waals surface area contributed by atoms with E-state index in [1.807, 2.05) is 6.07 Å². The van der Waals surface area contributed by atoms with Gasteiger partial charge in [-0.15, -0.1) is 0 Å². The van der Waals surface area contributed by atoms with Crippen LogP contribution in [0.25, 0.3) is 0 Å². The average molecular weight is 297 g/mol. The lowest BCUT2D eigenvalue weighted by atomic mass is 10.3. The molecule has 1 unspecified atom stereocenters. The molecule has 6 nitrogen and oxygen atoms in total. The number of morpholine rings is 1. The second-order valence-corrected chi connectivity index (χ2v) is 4.87. The van der Waals surface area contributed by atoms with Crippen molar-refractivity contribution in [3.8, 4) is 17.2 Å². The summed E-state index contributed by atoms with van der Waals surface area (Å²) in [7, 11) is 3.15. The number of ether oxygens (including phenoxy) is 4. The number of aliphatic hydroxyl groups is 1. The molecule has 21 heavy (non-hydrogen) atoms. The van der Waals surface area contributed by atoms with Crippen LogP contribution in [0.4, 0.5) is 0 Å². The third kappa shape index (κ3) is 4.49. The van der Waals surface area contributed by atoms with Gasteiger partial charge in [-0.25, -0.2) is 0 Å². The van der Waals surface area contributed by atoms with Crippen molar-refractivity contribution < 1.29 is 24.1 Å². The van der Waals surface area contributed by atoms with E-state index >= 15 is 0 Å². The Bertz CT molecular complexity index is 412. The largest absolute Gasteiger partial charge is 0.493 e. The summed E-state index contributed by atoms with van der Waals surface area (Å²) in [5.74, 6) is 1.70. The first-order valence-corrected chi connectivity index (χ1v) is 7.06. The molecule has 0 saturated carbocycles. The van der Waals surface area contributed by atoms with Gasteiger partial charge in [0, 0.05) is 19.6 Å². The molecule has 2 rings (SSSR count). The average Bonchev–Trinajstić information content (AvgIpc) is 2.53. The summed E-state index contributed by atoms with van der Waals surface area (Å²) >= 11 is 0. The fourth-order valence-electron chi connectivity index (χ4n) is 2.27. The van der Waals surface area contributed by atoms with Crippen molar-refractivity contribution in [3.05, 3.63) is 18.2 Å². The van der Waals surface area contributed by atoms with Gasteiger partial charge in [-0.3, -0.25) is 4.90 Å². The number of hydrogen-bond donors (Lipinski definition) is 1. The Morgan fingerprint density at radius 1 is 1.19 bits per heavy atom. The van der Waals surface area contributed by atoms with E-state index in [1.165, 1.54) is 0 Å². The number of rotatable bonds is 7. The van der Waals surface area contributed by atoms with E-state index in [2.05, 4.69) is 4.90 Å². The highest BCUT2D eigenvalue weighted by Gasteiger charge is 2.17. The second kappa shape index (κ2) is 8.07. The minimum atomic E-state index is -0.572. The third-order valence-corrected chi connectivity index (χ3v) is 3.38.